The molecule has 10 heavy (non-hydrogen) atoms. The van der Waals surface area contributed by atoms with Gasteiger partial charge in [0.25, 0.3) is 16.5 Å². The molecule has 0 saturated carbocycles. The molecule has 0 saturated heterocycles. The topological polar surface area (TPSA) is 126 Å². The summed E-state index contributed by atoms with van der Waals surface area (Å²) in [6, 6.07) is 0. The molecule has 0 amide bonds. The van der Waals surface area contributed by atoms with Crippen LogP contribution in [0.1, 0.15) is 0 Å². The van der Waals surface area contributed by atoms with Crippen LogP contribution in [-0.2, 0) is 51.3 Å². The Labute approximate surface area is 87.1 Å². The van der Waals surface area contributed by atoms with Gasteiger partial charge in [-0.25, -0.2) is 0 Å². The zero-order valence-electron chi connectivity index (χ0n) is 3.98. The molecule has 0 aromatic carbocycles. The minimum absolute atomic E-state index is 0. The molecule has 0 atom stereocenters. The standard InChI is InChI=1S/2HO3P.2Pt/c2*1-4(2)3;;/h2*(H,1,2,3);;/q;;2*+2/p-2. The summed E-state index contributed by atoms with van der Waals surface area (Å²) in [5, 5.41) is 0. The van der Waals surface area contributed by atoms with Gasteiger partial charge in [0.1, 0.15) is 0 Å². The second-order valence-corrected chi connectivity index (χ2v) is 1.34. The summed E-state index contributed by atoms with van der Waals surface area (Å²) in [6.45, 7) is 0. The van der Waals surface area contributed by atoms with Gasteiger partial charge in [0.15, 0.2) is 0 Å². The molecule has 6 nitrogen and oxygen atoms in total. The maximum absolute atomic E-state index is 8.48. The van der Waals surface area contributed by atoms with Crippen molar-refractivity contribution < 1.29 is 70.8 Å². The van der Waals surface area contributed by atoms with Gasteiger partial charge < -0.3 is 19.6 Å². The second-order valence-electron chi connectivity index (χ2n) is 0.447. The predicted molar refractivity (Wildman–Crippen MR) is 15.2 cm³/mol. The van der Waals surface area contributed by atoms with Crippen LogP contribution in [0.5, 0.6) is 0 Å². The Balaban J connectivity index is -0.0000000300. The largest absolute Gasteiger partial charge is 2.00 e. The fourth-order valence-corrected chi connectivity index (χ4v) is 0. The van der Waals surface area contributed by atoms with Crippen LogP contribution in [-0.4, -0.2) is 0 Å². The summed E-state index contributed by atoms with van der Waals surface area (Å²) in [4.78, 5) is 33.9. The molecule has 0 bridgehead atoms. The molecule has 0 aliphatic heterocycles. The second kappa shape index (κ2) is 16.8. The first-order valence-electron chi connectivity index (χ1n) is 1.10. The van der Waals surface area contributed by atoms with E-state index in [-0.39, 0.29) is 42.1 Å². The molecular formula is O6P2Pt2+2. The van der Waals surface area contributed by atoms with Crippen molar-refractivity contribution in [3.63, 3.8) is 0 Å². The smallest absolute Gasteiger partial charge is 0.598 e. The minimum Gasteiger partial charge on any atom is -0.598 e. The van der Waals surface area contributed by atoms with E-state index < -0.39 is 16.5 Å². The first kappa shape index (κ1) is 22.5. The molecule has 0 aromatic rings. The predicted octanol–water partition coefficient (Wildman–Crippen LogP) is -3.28. The molecule has 64 valence electrons. The molecule has 0 aromatic heterocycles. The summed E-state index contributed by atoms with van der Waals surface area (Å²) in [7, 11) is -6.74. The van der Waals surface area contributed by atoms with E-state index in [9.17, 15) is 0 Å². The van der Waals surface area contributed by atoms with Crippen molar-refractivity contribution in [1.82, 2.24) is 0 Å². The van der Waals surface area contributed by atoms with Crippen molar-refractivity contribution in [3.8, 4) is 0 Å². The van der Waals surface area contributed by atoms with Gasteiger partial charge >= 0.3 is 42.1 Å². The molecule has 0 unspecified atom stereocenters. The van der Waals surface area contributed by atoms with Crippen LogP contribution in [0.4, 0.5) is 0 Å². The van der Waals surface area contributed by atoms with E-state index in [2.05, 4.69) is 0 Å². The molecule has 0 aliphatic carbocycles. The Bertz CT molecular complexity index is 71.7. The summed E-state index contributed by atoms with van der Waals surface area (Å²) in [6.07, 6.45) is 0. The van der Waals surface area contributed by atoms with Gasteiger partial charge in [-0.1, -0.05) is 9.13 Å². The van der Waals surface area contributed by atoms with Gasteiger partial charge in [0, 0.05) is 0 Å². The van der Waals surface area contributed by atoms with E-state index in [1.165, 1.54) is 0 Å². The molecule has 0 heterocycles. The van der Waals surface area contributed by atoms with Crippen molar-refractivity contribution >= 4 is 16.5 Å². The van der Waals surface area contributed by atoms with E-state index in [0.29, 0.717) is 0 Å². The van der Waals surface area contributed by atoms with Crippen LogP contribution < -0.4 is 19.6 Å². The Morgan fingerprint density at radius 1 is 0.700 bits per heavy atom. The van der Waals surface area contributed by atoms with Crippen LogP contribution in [0, 0.1) is 0 Å². The van der Waals surface area contributed by atoms with Gasteiger partial charge in [0.2, 0.25) is 0 Å². The third-order valence-corrected chi connectivity index (χ3v) is 0. The molecule has 0 N–H and O–H groups in total. The number of hydrogen-bond donors (Lipinski definition) is 0. The van der Waals surface area contributed by atoms with E-state index in [0.717, 1.165) is 0 Å². The summed E-state index contributed by atoms with van der Waals surface area (Å²) in [5.74, 6) is 0. The monoisotopic (exact) mass is 548 g/mol. The van der Waals surface area contributed by atoms with Gasteiger partial charge in [-0.2, -0.15) is 0 Å². The van der Waals surface area contributed by atoms with Crippen LogP contribution >= 0.6 is 16.5 Å². The van der Waals surface area contributed by atoms with Crippen LogP contribution in [0.15, 0.2) is 0 Å². The SMILES string of the molecule is O=[P+]([O-])[O-].O=[P+]([O-])[O-].[Pt+2].[Pt+2]. The molecule has 10 heteroatoms. The van der Waals surface area contributed by atoms with Crippen LogP contribution in [0.3, 0.4) is 0 Å². The maximum atomic E-state index is 8.48. The first-order chi connectivity index (χ1) is 3.46. The van der Waals surface area contributed by atoms with Crippen molar-refractivity contribution in [2.24, 2.45) is 0 Å². The van der Waals surface area contributed by atoms with Crippen molar-refractivity contribution in [1.29, 1.82) is 0 Å². The van der Waals surface area contributed by atoms with Gasteiger partial charge in [0.05, 0.1) is 0 Å². The van der Waals surface area contributed by atoms with Gasteiger partial charge in [-0.15, -0.1) is 0 Å². The van der Waals surface area contributed by atoms with Crippen LogP contribution in [0.2, 0.25) is 0 Å². The normalized spacial score (nSPS) is 5.20. The average molecular weight is 548 g/mol. The van der Waals surface area contributed by atoms with Gasteiger partial charge in [-0.3, -0.25) is 0 Å². The molecule has 0 rings (SSSR count). The third-order valence-electron chi connectivity index (χ3n) is 0. The van der Waals surface area contributed by atoms with E-state index in [1.807, 2.05) is 0 Å². The molecule has 0 aliphatic rings. The zero-order valence-corrected chi connectivity index (χ0v) is 10.3. The molecule has 0 spiro atoms. The van der Waals surface area contributed by atoms with Crippen molar-refractivity contribution in [2.45, 2.75) is 0 Å². The Hall–Kier alpha value is 1.42. The summed E-state index contributed by atoms with van der Waals surface area (Å²) < 4.78 is 17.0. The fourth-order valence-electron chi connectivity index (χ4n) is 0. The molecule has 0 radical (unpaired) electrons. The summed E-state index contributed by atoms with van der Waals surface area (Å²) in [5.41, 5.74) is 0. The number of rotatable bonds is 0. The Morgan fingerprint density at radius 3 is 0.700 bits per heavy atom. The maximum Gasteiger partial charge on any atom is 2.00 e. The van der Waals surface area contributed by atoms with E-state index in [4.69, 9.17) is 28.7 Å². The van der Waals surface area contributed by atoms with E-state index >= 15 is 0 Å². The quantitative estimate of drug-likeness (QED) is 0.293. The minimum atomic E-state index is -3.37. The molecular weight excluding hydrogens is 548 g/mol. The van der Waals surface area contributed by atoms with E-state index in [1.54, 1.807) is 0 Å². The Morgan fingerprint density at radius 2 is 0.700 bits per heavy atom. The van der Waals surface area contributed by atoms with Crippen LogP contribution in [0.25, 0.3) is 0 Å². The first-order valence-corrected chi connectivity index (χ1v) is 3.29. The fraction of sp³-hybridized carbons (Fsp3) is 0. The van der Waals surface area contributed by atoms with Crippen molar-refractivity contribution in [3.05, 3.63) is 0 Å². The Kier molecular flexibility index (Phi) is 37.8. The zero-order chi connectivity index (χ0) is 7.15. The third kappa shape index (κ3) is 332. The summed E-state index contributed by atoms with van der Waals surface area (Å²) >= 11 is 0. The number of hydrogen-bond acceptors (Lipinski definition) is 6. The average Bonchev–Trinajstić information content (AvgIpc) is 1.25. The van der Waals surface area contributed by atoms with Gasteiger partial charge in [-0.05, 0) is 0 Å². The van der Waals surface area contributed by atoms with Crippen molar-refractivity contribution in [2.75, 3.05) is 0 Å². The molecule has 0 fully saturated rings.